The molecule has 0 aliphatic carbocycles. The summed E-state index contributed by atoms with van der Waals surface area (Å²) in [7, 11) is 0. The standard InChI is InChI=1S/C14H25N5/c1-14(2,3)18-12-9-13(17-10-16-12)19-8-4-5-11(19)6-7-15/h9-11H,4-8,15H2,1-3H3,(H,16,17,18). The molecule has 1 atom stereocenters. The van der Waals surface area contributed by atoms with E-state index in [1.807, 2.05) is 6.07 Å². The lowest BCUT2D eigenvalue weighted by Gasteiger charge is -2.26. The molecular formula is C14H25N5. The summed E-state index contributed by atoms with van der Waals surface area (Å²) in [4.78, 5) is 11.1. The third-order valence-corrected chi connectivity index (χ3v) is 3.33. The first-order valence-electron chi connectivity index (χ1n) is 7.06. The first-order valence-corrected chi connectivity index (χ1v) is 7.06. The van der Waals surface area contributed by atoms with Gasteiger partial charge in [-0.1, -0.05) is 0 Å². The quantitative estimate of drug-likeness (QED) is 0.869. The molecule has 1 aromatic rings. The first-order chi connectivity index (χ1) is 8.99. The zero-order valence-electron chi connectivity index (χ0n) is 12.2. The minimum absolute atomic E-state index is 0.00723. The predicted octanol–water partition coefficient (Wildman–Crippen LogP) is 2.00. The summed E-state index contributed by atoms with van der Waals surface area (Å²) in [6.07, 6.45) is 5.10. The summed E-state index contributed by atoms with van der Waals surface area (Å²) in [5.74, 6) is 1.90. The second-order valence-corrected chi connectivity index (χ2v) is 6.20. The molecule has 19 heavy (non-hydrogen) atoms. The van der Waals surface area contributed by atoms with Gasteiger partial charge in [-0.2, -0.15) is 0 Å². The van der Waals surface area contributed by atoms with Crippen LogP contribution in [0.1, 0.15) is 40.0 Å². The fourth-order valence-electron chi connectivity index (χ4n) is 2.59. The molecule has 1 saturated heterocycles. The predicted molar refractivity (Wildman–Crippen MR) is 79.4 cm³/mol. The Morgan fingerprint density at radius 3 is 2.89 bits per heavy atom. The van der Waals surface area contributed by atoms with Gasteiger partial charge in [-0.3, -0.25) is 0 Å². The molecule has 1 aliphatic heterocycles. The number of rotatable bonds is 4. The molecule has 1 unspecified atom stereocenters. The maximum absolute atomic E-state index is 5.69. The minimum Gasteiger partial charge on any atom is -0.365 e. The van der Waals surface area contributed by atoms with Crippen molar-refractivity contribution in [1.82, 2.24) is 9.97 Å². The molecule has 1 fully saturated rings. The van der Waals surface area contributed by atoms with Gasteiger partial charge in [0.2, 0.25) is 0 Å². The molecule has 0 amide bonds. The second kappa shape index (κ2) is 5.74. The van der Waals surface area contributed by atoms with Gasteiger partial charge in [0.05, 0.1) is 0 Å². The molecule has 2 rings (SSSR count). The summed E-state index contributed by atoms with van der Waals surface area (Å²) in [6, 6.07) is 2.57. The highest BCUT2D eigenvalue weighted by molar-refractivity contribution is 5.50. The van der Waals surface area contributed by atoms with Crippen molar-refractivity contribution in [3.8, 4) is 0 Å². The Labute approximate surface area is 115 Å². The van der Waals surface area contributed by atoms with E-state index in [-0.39, 0.29) is 5.54 Å². The molecule has 0 spiro atoms. The summed E-state index contributed by atoms with van der Waals surface area (Å²) >= 11 is 0. The lowest BCUT2D eigenvalue weighted by molar-refractivity contribution is 0.612. The van der Waals surface area contributed by atoms with E-state index in [2.05, 4.69) is 41.0 Å². The van der Waals surface area contributed by atoms with Crippen molar-refractivity contribution in [2.24, 2.45) is 5.73 Å². The van der Waals surface area contributed by atoms with Gasteiger partial charge >= 0.3 is 0 Å². The number of hydrogen-bond acceptors (Lipinski definition) is 5. The number of nitrogens with one attached hydrogen (secondary N) is 1. The lowest BCUT2D eigenvalue weighted by Crippen LogP contribution is -2.32. The number of hydrogen-bond donors (Lipinski definition) is 2. The van der Waals surface area contributed by atoms with Crippen LogP contribution in [0.2, 0.25) is 0 Å². The van der Waals surface area contributed by atoms with Crippen LogP contribution in [0.3, 0.4) is 0 Å². The number of anilines is 2. The number of nitrogens with two attached hydrogens (primary N) is 1. The van der Waals surface area contributed by atoms with Gasteiger partial charge in [0.1, 0.15) is 18.0 Å². The van der Waals surface area contributed by atoms with Crippen LogP contribution in [0.15, 0.2) is 12.4 Å². The molecular weight excluding hydrogens is 238 g/mol. The molecule has 106 valence electrons. The van der Waals surface area contributed by atoms with Crippen molar-refractivity contribution in [3.63, 3.8) is 0 Å². The van der Waals surface area contributed by atoms with Crippen LogP contribution in [0.25, 0.3) is 0 Å². The molecule has 0 bridgehead atoms. The minimum atomic E-state index is 0.00723. The maximum atomic E-state index is 5.69. The normalized spacial score (nSPS) is 19.8. The Morgan fingerprint density at radius 2 is 2.21 bits per heavy atom. The summed E-state index contributed by atoms with van der Waals surface area (Å²) in [6.45, 7) is 8.18. The van der Waals surface area contributed by atoms with E-state index in [4.69, 9.17) is 5.73 Å². The van der Waals surface area contributed by atoms with Crippen LogP contribution >= 0.6 is 0 Å². The fourth-order valence-corrected chi connectivity index (χ4v) is 2.59. The monoisotopic (exact) mass is 263 g/mol. The second-order valence-electron chi connectivity index (χ2n) is 6.20. The van der Waals surface area contributed by atoms with Gasteiger partial charge in [0.25, 0.3) is 0 Å². The Hall–Kier alpha value is -1.36. The van der Waals surface area contributed by atoms with Gasteiger partial charge < -0.3 is 16.0 Å². The van der Waals surface area contributed by atoms with Crippen molar-refractivity contribution in [3.05, 3.63) is 12.4 Å². The average molecular weight is 263 g/mol. The third-order valence-electron chi connectivity index (χ3n) is 3.33. The van der Waals surface area contributed by atoms with Crippen molar-refractivity contribution in [2.45, 2.75) is 51.6 Å². The van der Waals surface area contributed by atoms with E-state index >= 15 is 0 Å². The third kappa shape index (κ3) is 3.80. The van der Waals surface area contributed by atoms with Gasteiger partial charge in [0, 0.05) is 24.2 Å². The molecule has 5 nitrogen and oxygen atoms in total. The van der Waals surface area contributed by atoms with E-state index < -0.39 is 0 Å². The molecule has 3 N–H and O–H groups in total. The van der Waals surface area contributed by atoms with Crippen molar-refractivity contribution in [2.75, 3.05) is 23.3 Å². The first kappa shape index (κ1) is 14.1. The molecule has 0 radical (unpaired) electrons. The average Bonchev–Trinajstić information content (AvgIpc) is 2.76. The van der Waals surface area contributed by atoms with Crippen LogP contribution in [0, 0.1) is 0 Å². The SMILES string of the molecule is CC(C)(C)Nc1cc(N2CCCC2CCN)ncn1. The number of nitrogens with zero attached hydrogens (tertiary/aromatic N) is 3. The zero-order valence-corrected chi connectivity index (χ0v) is 12.2. The Kier molecular flexibility index (Phi) is 4.24. The molecule has 5 heteroatoms. The molecule has 0 saturated carbocycles. The zero-order chi connectivity index (χ0) is 13.9. The van der Waals surface area contributed by atoms with E-state index in [1.54, 1.807) is 6.33 Å². The Bertz CT molecular complexity index is 413. The summed E-state index contributed by atoms with van der Waals surface area (Å²) in [5, 5.41) is 3.39. The van der Waals surface area contributed by atoms with Gasteiger partial charge in [-0.25, -0.2) is 9.97 Å². The molecule has 0 aromatic carbocycles. The van der Waals surface area contributed by atoms with E-state index in [0.29, 0.717) is 6.04 Å². The number of aromatic nitrogens is 2. The van der Waals surface area contributed by atoms with Crippen molar-refractivity contribution >= 4 is 11.6 Å². The van der Waals surface area contributed by atoms with Crippen LogP contribution in [0.4, 0.5) is 11.6 Å². The lowest BCUT2D eigenvalue weighted by atomic mass is 10.1. The highest BCUT2D eigenvalue weighted by atomic mass is 15.2. The van der Waals surface area contributed by atoms with E-state index in [1.165, 1.54) is 12.8 Å². The van der Waals surface area contributed by atoms with Crippen LogP contribution in [-0.4, -0.2) is 34.6 Å². The smallest absolute Gasteiger partial charge is 0.134 e. The van der Waals surface area contributed by atoms with Gasteiger partial charge in [0.15, 0.2) is 0 Å². The molecule has 2 heterocycles. The Morgan fingerprint density at radius 1 is 1.42 bits per heavy atom. The largest absolute Gasteiger partial charge is 0.365 e. The summed E-state index contributed by atoms with van der Waals surface area (Å²) in [5.41, 5.74) is 5.70. The van der Waals surface area contributed by atoms with Crippen molar-refractivity contribution < 1.29 is 0 Å². The van der Waals surface area contributed by atoms with Crippen LogP contribution in [-0.2, 0) is 0 Å². The van der Waals surface area contributed by atoms with Gasteiger partial charge in [-0.15, -0.1) is 0 Å². The highest BCUT2D eigenvalue weighted by Crippen LogP contribution is 2.26. The van der Waals surface area contributed by atoms with Gasteiger partial charge in [-0.05, 0) is 46.6 Å². The topological polar surface area (TPSA) is 67.1 Å². The summed E-state index contributed by atoms with van der Waals surface area (Å²) < 4.78 is 0. The van der Waals surface area contributed by atoms with Crippen molar-refractivity contribution in [1.29, 1.82) is 0 Å². The molecule has 1 aliphatic rings. The van der Waals surface area contributed by atoms with E-state index in [0.717, 1.165) is 31.1 Å². The van der Waals surface area contributed by atoms with E-state index in [9.17, 15) is 0 Å². The van der Waals surface area contributed by atoms with Crippen LogP contribution < -0.4 is 16.0 Å². The Balaban J connectivity index is 2.14. The molecule has 1 aromatic heterocycles. The fraction of sp³-hybridized carbons (Fsp3) is 0.714. The highest BCUT2D eigenvalue weighted by Gasteiger charge is 2.25. The van der Waals surface area contributed by atoms with Crippen LogP contribution in [0.5, 0.6) is 0 Å². The maximum Gasteiger partial charge on any atom is 0.134 e.